The summed E-state index contributed by atoms with van der Waals surface area (Å²) >= 11 is 7.52. The van der Waals surface area contributed by atoms with Crippen LogP contribution in [0.1, 0.15) is 19.4 Å². The van der Waals surface area contributed by atoms with Crippen LogP contribution in [0, 0.1) is 0 Å². The summed E-state index contributed by atoms with van der Waals surface area (Å²) in [6, 6.07) is 7.49. The van der Waals surface area contributed by atoms with Crippen LogP contribution in [0.2, 0.25) is 5.02 Å². The van der Waals surface area contributed by atoms with Gasteiger partial charge < -0.3 is 0 Å². The fourth-order valence-corrected chi connectivity index (χ4v) is 3.06. The molecule has 1 heterocycles. The van der Waals surface area contributed by atoms with E-state index in [1.807, 2.05) is 44.2 Å². The van der Waals surface area contributed by atoms with Gasteiger partial charge in [-0.05, 0) is 43.3 Å². The van der Waals surface area contributed by atoms with E-state index in [0.717, 1.165) is 10.7 Å². The molecule has 1 aromatic rings. The maximum Gasteiger partial charge on any atom is 0.266 e. The van der Waals surface area contributed by atoms with Gasteiger partial charge in [-0.2, -0.15) is 0 Å². The van der Waals surface area contributed by atoms with Gasteiger partial charge in [0.1, 0.15) is 0 Å². The van der Waals surface area contributed by atoms with Crippen molar-refractivity contribution in [1.82, 2.24) is 4.90 Å². The Morgan fingerprint density at radius 2 is 2.11 bits per heavy atom. The number of carbonyl (C=O) groups is 1. The average Bonchev–Trinajstić information content (AvgIpc) is 2.69. The molecule has 0 unspecified atom stereocenters. The largest absolute Gasteiger partial charge is 0.287 e. The molecule has 1 aromatic carbocycles. The van der Waals surface area contributed by atoms with Crippen molar-refractivity contribution in [2.45, 2.75) is 13.8 Å². The number of hydrogen-bond donors (Lipinski definition) is 0. The van der Waals surface area contributed by atoms with Crippen molar-refractivity contribution in [3.05, 3.63) is 39.8 Å². The normalized spacial score (nSPS) is 19.7. The lowest BCUT2D eigenvalue weighted by Crippen LogP contribution is -2.28. The van der Waals surface area contributed by atoms with Crippen molar-refractivity contribution in [1.29, 1.82) is 0 Å². The summed E-state index contributed by atoms with van der Waals surface area (Å²) in [5.41, 5.74) is 0.855. The van der Waals surface area contributed by atoms with Crippen LogP contribution in [0.5, 0.6) is 0 Å². The van der Waals surface area contributed by atoms with Gasteiger partial charge in [0.25, 0.3) is 5.91 Å². The highest BCUT2D eigenvalue weighted by molar-refractivity contribution is 8.18. The molecule has 0 aromatic heterocycles. The van der Waals surface area contributed by atoms with Gasteiger partial charge in [0.2, 0.25) is 0 Å². The number of amidine groups is 1. The molecule has 1 aliphatic heterocycles. The number of benzene rings is 1. The van der Waals surface area contributed by atoms with Crippen molar-refractivity contribution >= 4 is 40.5 Å². The fourth-order valence-electron chi connectivity index (χ4n) is 1.77. The highest BCUT2D eigenvalue weighted by Crippen LogP contribution is 2.33. The Morgan fingerprint density at radius 3 is 2.74 bits per heavy atom. The molecule has 0 spiro atoms. The molecule has 2 rings (SSSR count). The number of halogens is 1. The molecule has 0 saturated carbocycles. The van der Waals surface area contributed by atoms with Crippen LogP contribution in [0.15, 0.2) is 34.2 Å². The van der Waals surface area contributed by atoms with E-state index in [4.69, 9.17) is 11.6 Å². The summed E-state index contributed by atoms with van der Waals surface area (Å²) in [6.45, 7) is 5.21. The van der Waals surface area contributed by atoms with Crippen molar-refractivity contribution in [2.24, 2.45) is 4.99 Å². The molecule has 3 nitrogen and oxygen atoms in total. The molecule has 0 radical (unpaired) electrons. The molecular formula is C14H15ClN2OS. The predicted octanol–water partition coefficient (Wildman–Crippen LogP) is 3.65. The Kier molecular flexibility index (Phi) is 4.66. The second kappa shape index (κ2) is 6.26. The van der Waals surface area contributed by atoms with Crippen LogP contribution in [-0.2, 0) is 4.79 Å². The molecule has 0 atom stereocenters. The summed E-state index contributed by atoms with van der Waals surface area (Å²) < 4.78 is 0. The van der Waals surface area contributed by atoms with Crippen molar-refractivity contribution in [3.8, 4) is 0 Å². The van der Waals surface area contributed by atoms with Gasteiger partial charge >= 0.3 is 0 Å². The molecule has 1 fully saturated rings. The number of carbonyl (C=O) groups excluding carboxylic acids is 1. The van der Waals surface area contributed by atoms with Crippen molar-refractivity contribution in [3.63, 3.8) is 0 Å². The smallest absolute Gasteiger partial charge is 0.266 e. The Bertz CT molecular complexity index is 554. The Hall–Kier alpha value is -1.26. The topological polar surface area (TPSA) is 32.7 Å². The van der Waals surface area contributed by atoms with Gasteiger partial charge in [0.05, 0.1) is 4.91 Å². The minimum absolute atomic E-state index is 0.000352. The van der Waals surface area contributed by atoms with E-state index in [2.05, 4.69) is 4.99 Å². The Labute approximate surface area is 122 Å². The second-order valence-corrected chi connectivity index (χ2v) is 5.35. The van der Waals surface area contributed by atoms with E-state index in [9.17, 15) is 4.79 Å². The number of amides is 1. The van der Waals surface area contributed by atoms with E-state index >= 15 is 0 Å². The maximum atomic E-state index is 12.3. The summed E-state index contributed by atoms with van der Waals surface area (Å²) in [5.74, 6) is -0.000352. The zero-order chi connectivity index (χ0) is 13.8. The first-order valence-electron chi connectivity index (χ1n) is 6.17. The van der Waals surface area contributed by atoms with Gasteiger partial charge in [-0.1, -0.05) is 29.8 Å². The SMILES string of the molecule is CCN=C1S/C(=C/c2ccccc2Cl)C(=O)N1CC. The average molecular weight is 295 g/mol. The van der Waals surface area contributed by atoms with Crippen LogP contribution in [-0.4, -0.2) is 29.1 Å². The van der Waals surface area contributed by atoms with Crippen molar-refractivity contribution in [2.75, 3.05) is 13.1 Å². The number of hydrogen-bond acceptors (Lipinski definition) is 3. The van der Waals surface area contributed by atoms with Crippen LogP contribution in [0.3, 0.4) is 0 Å². The van der Waals surface area contributed by atoms with E-state index in [1.165, 1.54) is 11.8 Å². The molecule has 5 heteroatoms. The van der Waals surface area contributed by atoms with Gasteiger partial charge in [-0.3, -0.25) is 14.7 Å². The van der Waals surface area contributed by atoms with Crippen LogP contribution in [0.25, 0.3) is 6.08 Å². The van der Waals surface area contributed by atoms with E-state index < -0.39 is 0 Å². The molecule has 1 amide bonds. The zero-order valence-electron chi connectivity index (χ0n) is 10.9. The minimum atomic E-state index is -0.000352. The molecule has 1 saturated heterocycles. The van der Waals surface area contributed by atoms with E-state index in [-0.39, 0.29) is 5.91 Å². The van der Waals surface area contributed by atoms with Crippen LogP contribution >= 0.6 is 23.4 Å². The Morgan fingerprint density at radius 1 is 1.37 bits per heavy atom. The van der Waals surface area contributed by atoms with Gasteiger partial charge in [-0.25, -0.2) is 0 Å². The van der Waals surface area contributed by atoms with Crippen LogP contribution < -0.4 is 0 Å². The third-order valence-electron chi connectivity index (χ3n) is 2.69. The molecule has 0 aliphatic carbocycles. The van der Waals surface area contributed by atoms with E-state index in [1.54, 1.807) is 4.90 Å². The molecule has 1 aliphatic rings. The molecular weight excluding hydrogens is 280 g/mol. The lowest BCUT2D eigenvalue weighted by atomic mass is 10.2. The summed E-state index contributed by atoms with van der Waals surface area (Å²) in [6.07, 6.45) is 1.83. The quantitative estimate of drug-likeness (QED) is 0.797. The lowest BCUT2D eigenvalue weighted by Gasteiger charge is -2.11. The number of aliphatic imine (C=N–C) groups is 1. The number of likely N-dealkylation sites (N-methyl/N-ethyl adjacent to an activating group) is 1. The fraction of sp³-hybridized carbons (Fsp3) is 0.286. The predicted molar refractivity (Wildman–Crippen MR) is 82.4 cm³/mol. The zero-order valence-corrected chi connectivity index (χ0v) is 12.5. The van der Waals surface area contributed by atoms with E-state index in [0.29, 0.717) is 23.0 Å². The maximum absolute atomic E-state index is 12.3. The third-order valence-corrected chi connectivity index (χ3v) is 4.08. The number of nitrogens with zero attached hydrogens (tertiary/aromatic N) is 2. The van der Waals surface area contributed by atoms with Crippen LogP contribution in [0.4, 0.5) is 0 Å². The molecule has 19 heavy (non-hydrogen) atoms. The lowest BCUT2D eigenvalue weighted by molar-refractivity contribution is -0.122. The highest BCUT2D eigenvalue weighted by Gasteiger charge is 2.31. The van der Waals surface area contributed by atoms with Gasteiger partial charge in [-0.15, -0.1) is 0 Å². The first-order valence-corrected chi connectivity index (χ1v) is 7.37. The van der Waals surface area contributed by atoms with Gasteiger partial charge in [0, 0.05) is 18.1 Å². The minimum Gasteiger partial charge on any atom is -0.287 e. The Balaban J connectivity index is 2.34. The standard InChI is InChI=1S/C14H15ClN2OS/c1-3-16-14-17(4-2)13(18)12(19-14)9-10-7-5-6-8-11(10)15/h5-9H,3-4H2,1-2H3/b12-9+,16-14?. The molecule has 100 valence electrons. The molecule has 0 N–H and O–H groups in total. The summed E-state index contributed by atoms with van der Waals surface area (Å²) in [5, 5.41) is 1.42. The number of rotatable bonds is 3. The highest BCUT2D eigenvalue weighted by atomic mass is 35.5. The number of thioether (sulfide) groups is 1. The van der Waals surface area contributed by atoms with Crippen molar-refractivity contribution < 1.29 is 4.79 Å². The third kappa shape index (κ3) is 3.01. The monoisotopic (exact) mass is 294 g/mol. The summed E-state index contributed by atoms with van der Waals surface area (Å²) in [7, 11) is 0. The molecule has 0 bridgehead atoms. The summed E-state index contributed by atoms with van der Waals surface area (Å²) in [4.78, 5) is 19.0. The first-order chi connectivity index (χ1) is 9.17. The first kappa shape index (κ1) is 14.2. The van der Waals surface area contributed by atoms with Gasteiger partial charge in [0.15, 0.2) is 5.17 Å². The second-order valence-electron chi connectivity index (χ2n) is 3.94.